The van der Waals surface area contributed by atoms with Gasteiger partial charge in [-0.15, -0.1) is 11.3 Å². The Hall–Kier alpha value is 0.0500. The molecule has 21 heavy (non-hydrogen) atoms. The van der Waals surface area contributed by atoms with Gasteiger partial charge in [0.25, 0.3) is 0 Å². The predicted octanol–water partition coefficient (Wildman–Crippen LogP) is 3.04. The average molecular weight is 393 g/mol. The fourth-order valence-electron chi connectivity index (χ4n) is 3.44. The molecule has 1 N–H and O–H groups in total. The highest BCUT2D eigenvalue weighted by Gasteiger charge is 2.42. The molecule has 0 amide bonds. The van der Waals surface area contributed by atoms with Crippen LogP contribution in [0.5, 0.6) is 0 Å². The Bertz CT molecular complexity index is 602. The molecular weight excluding hydrogens is 372 g/mol. The molecule has 1 aliphatic heterocycles. The van der Waals surface area contributed by atoms with Crippen LogP contribution in [0.2, 0.25) is 0 Å². The summed E-state index contributed by atoms with van der Waals surface area (Å²) in [5.74, 6) is 1.16. The van der Waals surface area contributed by atoms with Crippen LogP contribution in [-0.4, -0.2) is 32.4 Å². The Morgan fingerprint density at radius 1 is 1.38 bits per heavy atom. The lowest BCUT2D eigenvalue weighted by molar-refractivity contribution is 0.445. The van der Waals surface area contributed by atoms with Crippen molar-refractivity contribution in [1.29, 1.82) is 0 Å². The van der Waals surface area contributed by atoms with Crippen molar-refractivity contribution in [3.63, 3.8) is 0 Å². The molecule has 1 aromatic heterocycles. The van der Waals surface area contributed by atoms with Crippen molar-refractivity contribution in [3.05, 3.63) is 14.7 Å². The summed E-state index contributed by atoms with van der Waals surface area (Å²) < 4.78 is 28.1. The minimum absolute atomic E-state index is 0.445. The molecule has 2 atom stereocenters. The zero-order valence-electron chi connectivity index (χ0n) is 12.1. The summed E-state index contributed by atoms with van der Waals surface area (Å²) in [5.41, 5.74) is 0. The molecule has 1 saturated heterocycles. The first-order valence-corrected chi connectivity index (χ1v) is 10.6. The van der Waals surface area contributed by atoms with E-state index in [1.54, 1.807) is 4.31 Å². The van der Waals surface area contributed by atoms with Gasteiger partial charge >= 0.3 is 0 Å². The maximum atomic E-state index is 12.9. The molecule has 1 aromatic rings. The minimum atomic E-state index is -3.35. The zero-order valence-corrected chi connectivity index (χ0v) is 15.4. The van der Waals surface area contributed by atoms with Crippen LogP contribution in [-0.2, 0) is 16.6 Å². The Morgan fingerprint density at radius 2 is 2.05 bits per heavy atom. The highest BCUT2D eigenvalue weighted by molar-refractivity contribution is 9.11. The molecule has 7 heteroatoms. The fourth-order valence-corrected chi connectivity index (χ4v) is 7.59. The Balaban J connectivity index is 1.80. The van der Waals surface area contributed by atoms with Gasteiger partial charge in [0.2, 0.25) is 10.0 Å². The van der Waals surface area contributed by atoms with Gasteiger partial charge in [0, 0.05) is 24.5 Å². The van der Waals surface area contributed by atoms with Gasteiger partial charge in [-0.1, -0.05) is 13.3 Å². The van der Waals surface area contributed by atoms with Crippen molar-refractivity contribution >= 4 is 37.3 Å². The van der Waals surface area contributed by atoms with Crippen LogP contribution in [0.4, 0.5) is 0 Å². The predicted molar refractivity (Wildman–Crippen MR) is 89.0 cm³/mol. The maximum Gasteiger partial charge on any atom is 0.245 e. The summed E-state index contributed by atoms with van der Waals surface area (Å²) in [7, 11) is -3.35. The summed E-state index contributed by atoms with van der Waals surface area (Å²) in [5, 5.41) is 3.24. The van der Waals surface area contributed by atoms with Gasteiger partial charge in [0.1, 0.15) is 4.90 Å². The Morgan fingerprint density at radius 3 is 2.67 bits per heavy atom. The molecule has 2 fully saturated rings. The normalized spacial score (nSPS) is 26.4. The van der Waals surface area contributed by atoms with E-state index < -0.39 is 10.0 Å². The van der Waals surface area contributed by atoms with E-state index >= 15 is 0 Å². The van der Waals surface area contributed by atoms with E-state index in [1.165, 1.54) is 30.6 Å². The third-order valence-electron chi connectivity index (χ3n) is 4.57. The molecule has 0 bridgehead atoms. The molecule has 2 unspecified atom stereocenters. The first-order valence-electron chi connectivity index (χ1n) is 7.51. The SMILES string of the molecule is CCNCc1cc(S(=O)(=O)N2CC3CCCC3C2)c(Br)s1. The first kappa shape index (κ1) is 15.9. The topological polar surface area (TPSA) is 49.4 Å². The first-order chi connectivity index (χ1) is 10.0. The number of halogens is 1. The molecule has 118 valence electrons. The zero-order chi connectivity index (χ0) is 15.0. The molecule has 3 rings (SSSR count). The van der Waals surface area contributed by atoms with Crippen molar-refractivity contribution in [1.82, 2.24) is 9.62 Å². The number of thiophene rings is 1. The molecule has 1 saturated carbocycles. The van der Waals surface area contributed by atoms with Crippen molar-refractivity contribution in [2.45, 2.75) is 37.6 Å². The van der Waals surface area contributed by atoms with Crippen LogP contribution < -0.4 is 5.32 Å². The summed E-state index contributed by atoms with van der Waals surface area (Å²) in [6.45, 7) is 5.06. The van der Waals surface area contributed by atoms with Crippen LogP contribution in [0.15, 0.2) is 14.7 Å². The highest BCUT2D eigenvalue weighted by atomic mass is 79.9. The number of rotatable bonds is 5. The van der Waals surface area contributed by atoms with Gasteiger partial charge < -0.3 is 5.32 Å². The molecule has 1 aliphatic carbocycles. The van der Waals surface area contributed by atoms with Crippen LogP contribution in [0.3, 0.4) is 0 Å². The van der Waals surface area contributed by atoms with Gasteiger partial charge in [-0.3, -0.25) is 0 Å². The lowest BCUT2D eigenvalue weighted by atomic mass is 10.0. The summed E-state index contributed by atoms with van der Waals surface area (Å²) >= 11 is 4.95. The second-order valence-electron chi connectivity index (χ2n) is 5.90. The molecule has 2 aliphatic rings. The lowest BCUT2D eigenvalue weighted by Gasteiger charge is -2.16. The van der Waals surface area contributed by atoms with Crippen LogP contribution in [0.25, 0.3) is 0 Å². The Kier molecular flexibility index (Phi) is 4.76. The quantitative estimate of drug-likeness (QED) is 0.837. The van der Waals surface area contributed by atoms with Crippen molar-refractivity contribution in [2.24, 2.45) is 11.8 Å². The van der Waals surface area contributed by atoms with Crippen molar-refractivity contribution in [2.75, 3.05) is 19.6 Å². The fraction of sp³-hybridized carbons (Fsp3) is 0.714. The lowest BCUT2D eigenvalue weighted by Crippen LogP contribution is -2.29. The van der Waals surface area contributed by atoms with Gasteiger partial charge in [-0.25, -0.2) is 8.42 Å². The number of nitrogens with zero attached hydrogens (tertiary/aromatic N) is 1. The second kappa shape index (κ2) is 6.28. The summed E-state index contributed by atoms with van der Waals surface area (Å²) in [4.78, 5) is 1.50. The molecular formula is C14H21BrN2O2S2. The third kappa shape index (κ3) is 3.08. The number of hydrogen-bond donors (Lipinski definition) is 1. The number of fused-ring (bicyclic) bond motifs is 1. The van der Waals surface area contributed by atoms with E-state index in [0.29, 0.717) is 29.8 Å². The van der Waals surface area contributed by atoms with Crippen LogP contribution in [0, 0.1) is 11.8 Å². The van der Waals surface area contributed by atoms with E-state index in [4.69, 9.17) is 0 Å². The van der Waals surface area contributed by atoms with E-state index in [2.05, 4.69) is 21.2 Å². The van der Waals surface area contributed by atoms with E-state index in [-0.39, 0.29) is 0 Å². The molecule has 0 aromatic carbocycles. The average Bonchev–Trinajstić information content (AvgIpc) is 3.09. The van der Waals surface area contributed by atoms with Gasteiger partial charge in [0.15, 0.2) is 0 Å². The Labute approximate surface area is 139 Å². The van der Waals surface area contributed by atoms with Crippen LogP contribution >= 0.6 is 27.3 Å². The number of sulfonamides is 1. The van der Waals surface area contributed by atoms with Gasteiger partial charge in [-0.05, 0) is 53.2 Å². The summed E-state index contributed by atoms with van der Waals surface area (Å²) in [6, 6.07) is 1.82. The van der Waals surface area contributed by atoms with Crippen LogP contribution in [0.1, 0.15) is 31.1 Å². The summed E-state index contributed by atoms with van der Waals surface area (Å²) in [6.07, 6.45) is 3.64. The van der Waals surface area contributed by atoms with Crippen molar-refractivity contribution < 1.29 is 8.42 Å². The van der Waals surface area contributed by atoms with E-state index in [1.807, 2.05) is 13.0 Å². The molecule has 0 spiro atoms. The smallest absolute Gasteiger partial charge is 0.245 e. The largest absolute Gasteiger partial charge is 0.312 e. The number of hydrogen-bond acceptors (Lipinski definition) is 4. The van der Waals surface area contributed by atoms with Crippen molar-refractivity contribution in [3.8, 4) is 0 Å². The standard InChI is InChI=1S/C14H21BrN2O2S2/c1-2-16-7-12-6-13(14(15)20-12)21(18,19)17-8-10-4-3-5-11(10)9-17/h6,10-11,16H,2-5,7-9H2,1H3. The van der Waals surface area contributed by atoms with E-state index in [0.717, 1.165) is 21.8 Å². The highest BCUT2D eigenvalue weighted by Crippen LogP contribution is 2.41. The molecule has 2 heterocycles. The maximum absolute atomic E-state index is 12.9. The van der Waals surface area contributed by atoms with Gasteiger partial charge in [-0.2, -0.15) is 4.31 Å². The molecule has 4 nitrogen and oxygen atoms in total. The second-order valence-corrected chi connectivity index (χ2v) is 10.3. The van der Waals surface area contributed by atoms with E-state index in [9.17, 15) is 8.42 Å². The minimum Gasteiger partial charge on any atom is -0.312 e. The van der Waals surface area contributed by atoms with Gasteiger partial charge in [0.05, 0.1) is 3.79 Å². The monoisotopic (exact) mass is 392 g/mol. The number of nitrogens with one attached hydrogen (secondary N) is 1. The molecule has 0 radical (unpaired) electrons. The third-order valence-corrected chi connectivity index (χ3v) is 8.65.